The van der Waals surface area contributed by atoms with Crippen molar-refractivity contribution in [3.63, 3.8) is 0 Å². The number of carbonyl (C=O) groups is 2. The van der Waals surface area contributed by atoms with Crippen molar-refractivity contribution in [3.05, 3.63) is 47.4 Å². The Hall–Kier alpha value is -3.62. The zero-order valence-electron chi connectivity index (χ0n) is 22.1. The predicted molar refractivity (Wildman–Crippen MR) is 144 cm³/mol. The molecule has 3 aliphatic rings. The molecule has 37 heavy (non-hydrogen) atoms. The van der Waals surface area contributed by atoms with Crippen molar-refractivity contribution in [2.24, 2.45) is 7.05 Å². The van der Waals surface area contributed by atoms with Crippen LogP contribution in [0.25, 0.3) is 11.1 Å². The number of carbonyl (C=O) groups excluding carboxylic acids is 2. The number of hydrogen-bond donors (Lipinski definition) is 2. The number of rotatable bonds is 4. The zero-order chi connectivity index (χ0) is 26.1. The third kappa shape index (κ3) is 5.26. The van der Waals surface area contributed by atoms with E-state index in [-0.39, 0.29) is 17.9 Å². The van der Waals surface area contributed by atoms with Gasteiger partial charge in [0.15, 0.2) is 0 Å². The van der Waals surface area contributed by atoms with Gasteiger partial charge in [-0.1, -0.05) is 6.07 Å². The second-order valence-corrected chi connectivity index (χ2v) is 10.4. The van der Waals surface area contributed by atoms with E-state index >= 15 is 0 Å². The minimum absolute atomic E-state index is 0.0410. The van der Waals surface area contributed by atoms with Gasteiger partial charge in [0.2, 0.25) is 11.8 Å². The van der Waals surface area contributed by atoms with Crippen LogP contribution in [0.1, 0.15) is 45.1 Å². The van der Waals surface area contributed by atoms with Crippen LogP contribution in [0.5, 0.6) is 0 Å². The van der Waals surface area contributed by atoms with Crippen LogP contribution in [0, 0.1) is 5.41 Å². The van der Waals surface area contributed by atoms with Gasteiger partial charge in [0.05, 0.1) is 12.7 Å². The van der Waals surface area contributed by atoms with E-state index in [0.717, 1.165) is 73.4 Å². The van der Waals surface area contributed by atoms with Crippen molar-refractivity contribution in [2.45, 2.75) is 52.0 Å². The summed E-state index contributed by atoms with van der Waals surface area (Å²) in [6.45, 7) is 6.63. The van der Waals surface area contributed by atoms with Crippen LogP contribution in [-0.4, -0.2) is 76.0 Å². The SMILES string of the molecule is CC(=O)N1CCC(NC2=C(C(=N)N3CCCc4cc(-c5cnn(C)c5)ccc43)CN(C(C)=O)CC2)CC1. The standard InChI is InChI=1S/C28H37N7O2/c1-19(36)33-12-8-24(9-13-33)31-26-10-14-34(20(2)37)18-25(26)28(29)35-11-4-5-22-15-21(6-7-27(22)35)23-16-30-32(3)17-23/h6-7,15-17,24,29,31H,4-5,8-14,18H2,1-3H3. The second-order valence-electron chi connectivity index (χ2n) is 10.4. The molecule has 0 saturated carbocycles. The smallest absolute Gasteiger partial charge is 0.219 e. The number of aryl methyl sites for hydroxylation is 2. The van der Waals surface area contributed by atoms with Crippen molar-refractivity contribution < 1.29 is 9.59 Å². The van der Waals surface area contributed by atoms with Crippen LogP contribution < -0.4 is 10.2 Å². The fourth-order valence-corrected chi connectivity index (χ4v) is 5.74. The lowest BCUT2D eigenvalue weighted by Gasteiger charge is -2.39. The molecule has 1 fully saturated rings. The molecule has 2 amide bonds. The molecule has 196 valence electrons. The monoisotopic (exact) mass is 503 g/mol. The van der Waals surface area contributed by atoms with Crippen LogP contribution in [0.2, 0.25) is 0 Å². The summed E-state index contributed by atoms with van der Waals surface area (Å²) in [5, 5.41) is 17.4. The Morgan fingerprint density at radius 2 is 1.76 bits per heavy atom. The first-order valence-electron chi connectivity index (χ1n) is 13.3. The van der Waals surface area contributed by atoms with Crippen molar-refractivity contribution in [1.82, 2.24) is 24.9 Å². The lowest BCUT2D eigenvalue weighted by atomic mass is 9.95. The predicted octanol–water partition coefficient (Wildman–Crippen LogP) is 2.92. The highest BCUT2D eigenvalue weighted by Gasteiger charge is 2.30. The third-order valence-corrected chi connectivity index (χ3v) is 7.90. The molecule has 9 heteroatoms. The number of anilines is 1. The molecule has 0 aliphatic carbocycles. The van der Waals surface area contributed by atoms with Gasteiger partial charge in [0, 0.05) is 88.3 Å². The van der Waals surface area contributed by atoms with Crippen molar-refractivity contribution >= 4 is 23.3 Å². The summed E-state index contributed by atoms with van der Waals surface area (Å²) < 4.78 is 1.81. The molecule has 9 nitrogen and oxygen atoms in total. The summed E-state index contributed by atoms with van der Waals surface area (Å²) in [5.41, 5.74) is 6.52. The van der Waals surface area contributed by atoms with E-state index in [4.69, 9.17) is 0 Å². The molecule has 5 rings (SSSR count). The van der Waals surface area contributed by atoms with Crippen molar-refractivity contribution in [3.8, 4) is 11.1 Å². The van der Waals surface area contributed by atoms with Crippen LogP contribution >= 0.6 is 0 Å². The van der Waals surface area contributed by atoms with Crippen LogP contribution in [0.3, 0.4) is 0 Å². The summed E-state index contributed by atoms with van der Waals surface area (Å²) in [7, 11) is 1.92. The molecule has 0 unspecified atom stereocenters. The van der Waals surface area contributed by atoms with Gasteiger partial charge < -0.3 is 20.0 Å². The summed E-state index contributed by atoms with van der Waals surface area (Å²) in [6, 6.07) is 6.74. The largest absolute Gasteiger partial charge is 0.385 e. The Labute approximate surface area is 218 Å². The Morgan fingerprint density at radius 3 is 2.43 bits per heavy atom. The summed E-state index contributed by atoms with van der Waals surface area (Å²) in [6.07, 6.45) is 8.35. The normalized spacial score (nSPS) is 18.6. The van der Waals surface area contributed by atoms with Crippen molar-refractivity contribution in [2.75, 3.05) is 37.6 Å². The molecule has 3 aliphatic heterocycles. The zero-order valence-corrected chi connectivity index (χ0v) is 22.1. The van der Waals surface area contributed by atoms with E-state index in [1.807, 2.05) is 33.9 Å². The number of fused-ring (bicyclic) bond motifs is 1. The number of likely N-dealkylation sites (tertiary alicyclic amines) is 1. The minimum Gasteiger partial charge on any atom is -0.385 e. The summed E-state index contributed by atoms with van der Waals surface area (Å²) >= 11 is 0. The Bertz CT molecular complexity index is 1240. The number of nitrogens with zero attached hydrogens (tertiary/aromatic N) is 5. The van der Waals surface area contributed by atoms with Crippen LogP contribution in [0.15, 0.2) is 41.9 Å². The molecule has 0 spiro atoms. The van der Waals surface area contributed by atoms with E-state index in [0.29, 0.717) is 25.3 Å². The minimum atomic E-state index is 0.0410. The van der Waals surface area contributed by atoms with Gasteiger partial charge in [0.1, 0.15) is 5.84 Å². The first kappa shape index (κ1) is 25.0. The first-order valence-corrected chi connectivity index (χ1v) is 13.3. The van der Waals surface area contributed by atoms with E-state index < -0.39 is 0 Å². The van der Waals surface area contributed by atoms with Crippen LogP contribution in [0.4, 0.5) is 5.69 Å². The van der Waals surface area contributed by atoms with Gasteiger partial charge in [-0.3, -0.25) is 19.7 Å². The van der Waals surface area contributed by atoms with Crippen molar-refractivity contribution in [1.29, 1.82) is 5.41 Å². The highest BCUT2D eigenvalue weighted by atomic mass is 16.2. The molecule has 0 atom stereocenters. The molecule has 1 aromatic heterocycles. The molecular formula is C28H37N7O2. The number of benzene rings is 1. The molecule has 1 aromatic carbocycles. The highest BCUT2D eigenvalue weighted by Crippen LogP contribution is 2.33. The Kier molecular flexibility index (Phi) is 7.04. The quantitative estimate of drug-likeness (QED) is 0.494. The van der Waals surface area contributed by atoms with Crippen LogP contribution in [-0.2, 0) is 23.1 Å². The Balaban J connectivity index is 1.40. The molecule has 4 heterocycles. The fourth-order valence-electron chi connectivity index (χ4n) is 5.74. The second kappa shape index (κ2) is 10.4. The maximum Gasteiger partial charge on any atom is 0.219 e. The van der Waals surface area contributed by atoms with E-state index in [1.165, 1.54) is 5.56 Å². The van der Waals surface area contributed by atoms with Gasteiger partial charge >= 0.3 is 0 Å². The highest BCUT2D eigenvalue weighted by molar-refractivity contribution is 6.09. The molecule has 0 bridgehead atoms. The molecule has 2 N–H and O–H groups in total. The fraction of sp³-hybridized carbons (Fsp3) is 0.500. The number of aromatic nitrogens is 2. The van der Waals surface area contributed by atoms with E-state index in [9.17, 15) is 15.0 Å². The summed E-state index contributed by atoms with van der Waals surface area (Å²) in [4.78, 5) is 29.9. The number of nitrogens with one attached hydrogen (secondary N) is 2. The van der Waals surface area contributed by atoms with Gasteiger partial charge in [0.25, 0.3) is 0 Å². The number of piperidine rings is 1. The number of hydrogen-bond acceptors (Lipinski definition) is 5. The van der Waals surface area contributed by atoms with Gasteiger partial charge in [-0.15, -0.1) is 0 Å². The summed E-state index contributed by atoms with van der Waals surface area (Å²) in [5.74, 6) is 0.648. The lowest BCUT2D eigenvalue weighted by molar-refractivity contribution is -0.130. The average molecular weight is 504 g/mol. The third-order valence-electron chi connectivity index (χ3n) is 7.90. The maximum atomic E-state index is 12.3. The average Bonchev–Trinajstić information content (AvgIpc) is 3.34. The lowest BCUT2D eigenvalue weighted by Crippen LogP contribution is -2.48. The number of amidine groups is 1. The first-order chi connectivity index (χ1) is 17.8. The molecule has 2 aromatic rings. The van der Waals surface area contributed by atoms with E-state index in [1.54, 1.807) is 13.8 Å². The molecule has 0 radical (unpaired) electrons. The van der Waals surface area contributed by atoms with Gasteiger partial charge in [-0.2, -0.15) is 5.10 Å². The van der Waals surface area contributed by atoms with E-state index in [2.05, 4.69) is 33.5 Å². The molecular weight excluding hydrogens is 466 g/mol. The molecule has 1 saturated heterocycles. The van der Waals surface area contributed by atoms with Gasteiger partial charge in [-0.05, 0) is 48.9 Å². The topological polar surface area (TPSA) is 97.6 Å². The number of amides is 2. The van der Waals surface area contributed by atoms with Gasteiger partial charge in [-0.25, -0.2) is 0 Å². The Morgan fingerprint density at radius 1 is 1.00 bits per heavy atom. The maximum absolute atomic E-state index is 12.3.